The Labute approximate surface area is 141 Å². The molecular formula is C19H22N2O3. The van der Waals surface area contributed by atoms with Gasteiger partial charge in [0, 0.05) is 24.2 Å². The minimum Gasteiger partial charge on any atom is -0.387 e. The van der Waals surface area contributed by atoms with Crippen LogP contribution in [0.3, 0.4) is 0 Å². The van der Waals surface area contributed by atoms with Crippen LogP contribution in [-0.4, -0.2) is 23.5 Å². The van der Waals surface area contributed by atoms with Crippen LogP contribution in [0, 0.1) is 6.92 Å². The van der Waals surface area contributed by atoms with Gasteiger partial charge in [0.25, 0.3) is 5.91 Å². The first-order valence-electron chi connectivity index (χ1n) is 7.93. The van der Waals surface area contributed by atoms with E-state index >= 15 is 0 Å². The van der Waals surface area contributed by atoms with Crippen LogP contribution in [0.25, 0.3) is 0 Å². The van der Waals surface area contributed by atoms with Gasteiger partial charge in [-0.25, -0.2) is 0 Å². The molecule has 0 saturated heterocycles. The van der Waals surface area contributed by atoms with Gasteiger partial charge >= 0.3 is 0 Å². The molecular weight excluding hydrogens is 304 g/mol. The van der Waals surface area contributed by atoms with Crippen molar-refractivity contribution in [2.45, 2.75) is 26.4 Å². The quantitative estimate of drug-likeness (QED) is 0.764. The number of carbonyl (C=O) groups is 2. The van der Waals surface area contributed by atoms with E-state index < -0.39 is 6.10 Å². The number of hydrogen-bond donors (Lipinski definition) is 3. The van der Waals surface area contributed by atoms with Gasteiger partial charge in [0.05, 0.1) is 6.10 Å². The third kappa shape index (κ3) is 4.67. The Bertz CT molecular complexity index is 728. The molecule has 24 heavy (non-hydrogen) atoms. The Morgan fingerprint density at radius 2 is 1.88 bits per heavy atom. The summed E-state index contributed by atoms with van der Waals surface area (Å²) in [5, 5.41) is 15.7. The highest BCUT2D eigenvalue weighted by Crippen LogP contribution is 2.17. The molecule has 1 unspecified atom stereocenters. The second-order valence-corrected chi connectivity index (χ2v) is 5.56. The van der Waals surface area contributed by atoms with E-state index in [4.69, 9.17) is 0 Å². The standard InChI is InChI=1S/C19H22N2O3/c1-3-18(23)21-15-9-6-8-14(11-15)19(24)20-12-17(22)16-10-5-4-7-13(16)2/h4-11,17,22H,3,12H2,1-2H3,(H,20,24)(H,21,23). The van der Waals surface area contributed by atoms with Crippen molar-refractivity contribution >= 4 is 17.5 Å². The third-order valence-electron chi connectivity index (χ3n) is 3.73. The number of anilines is 1. The molecule has 5 nitrogen and oxygen atoms in total. The van der Waals surface area contributed by atoms with Gasteiger partial charge in [0.15, 0.2) is 0 Å². The lowest BCUT2D eigenvalue weighted by molar-refractivity contribution is -0.115. The summed E-state index contributed by atoms with van der Waals surface area (Å²) < 4.78 is 0. The van der Waals surface area contributed by atoms with Gasteiger partial charge in [-0.05, 0) is 36.2 Å². The molecule has 0 radical (unpaired) electrons. The highest BCUT2D eigenvalue weighted by Gasteiger charge is 2.13. The zero-order chi connectivity index (χ0) is 17.5. The number of rotatable bonds is 6. The van der Waals surface area contributed by atoms with Crippen molar-refractivity contribution in [2.24, 2.45) is 0 Å². The van der Waals surface area contributed by atoms with Gasteiger partial charge in [-0.3, -0.25) is 9.59 Å². The van der Waals surface area contributed by atoms with E-state index in [1.54, 1.807) is 31.2 Å². The lowest BCUT2D eigenvalue weighted by atomic mass is 10.0. The van der Waals surface area contributed by atoms with Gasteiger partial charge < -0.3 is 15.7 Å². The van der Waals surface area contributed by atoms with Crippen molar-refractivity contribution in [2.75, 3.05) is 11.9 Å². The monoisotopic (exact) mass is 326 g/mol. The van der Waals surface area contributed by atoms with Crippen LogP contribution in [0.4, 0.5) is 5.69 Å². The number of hydrogen-bond acceptors (Lipinski definition) is 3. The molecule has 2 amide bonds. The summed E-state index contributed by atoms with van der Waals surface area (Å²) in [6.45, 7) is 3.80. The molecule has 0 aliphatic carbocycles. The number of nitrogens with one attached hydrogen (secondary N) is 2. The first kappa shape index (κ1) is 17.7. The second-order valence-electron chi connectivity index (χ2n) is 5.56. The first-order valence-corrected chi connectivity index (χ1v) is 7.93. The predicted octanol–water partition coefficient (Wildman–Crippen LogP) is 2.81. The first-order chi connectivity index (χ1) is 11.5. The van der Waals surface area contributed by atoms with Gasteiger partial charge in [-0.15, -0.1) is 0 Å². The summed E-state index contributed by atoms with van der Waals surface area (Å²) in [6, 6.07) is 14.2. The number of aliphatic hydroxyl groups excluding tert-OH is 1. The smallest absolute Gasteiger partial charge is 0.251 e. The van der Waals surface area contributed by atoms with E-state index in [2.05, 4.69) is 10.6 Å². The Hall–Kier alpha value is -2.66. The summed E-state index contributed by atoms with van der Waals surface area (Å²) in [5.41, 5.74) is 2.78. The van der Waals surface area contributed by atoms with E-state index in [-0.39, 0.29) is 18.4 Å². The van der Waals surface area contributed by atoms with Gasteiger partial charge in [0.2, 0.25) is 5.91 Å². The van der Waals surface area contributed by atoms with Gasteiger partial charge in [-0.1, -0.05) is 37.3 Å². The third-order valence-corrected chi connectivity index (χ3v) is 3.73. The minimum atomic E-state index is -0.766. The van der Waals surface area contributed by atoms with Crippen LogP contribution in [0.1, 0.15) is 40.9 Å². The molecule has 0 saturated carbocycles. The molecule has 1 atom stereocenters. The number of carbonyl (C=O) groups excluding carboxylic acids is 2. The number of amides is 2. The highest BCUT2D eigenvalue weighted by molar-refractivity contribution is 5.97. The van der Waals surface area contributed by atoms with Crippen LogP contribution < -0.4 is 10.6 Å². The predicted molar refractivity (Wildman–Crippen MR) is 93.8 cm³/mol. The molecule has 0 fully saturated rings. The van der Waals surface area contributed by atoms with Crippen molar-refractivity contribution in [3.63, 3.8) is 0 Å². The molecule has 2 rings (SSSR count). The van der Waals surface area contributed by atoms with Crippen molar-refractivity contribution in [1.82, 2.24) is 5.32 Å². The van der Waals surface area contributed by atoms with Crippen molar-refractivity contribution < 1.29 is 14.7 Å². The van der Waals surface area contributed by atoms with Crippen LogP contribution in [0.15, 0.2) is 48.5 Å². The molecule has 0 aliphatic heterocycles. The Morgan fingerprint density at radius 3 is 2.58 bits per heavy atom. The maximum atomic E-state index is 12.2. The molecule has 0 aliphatic rings. The van der Waals surface area contributed by atoms with Crippen LogP contribution in [0.2, 0.25) is 0 Å². The maximum absolute atomic E-state index is 12.2. The summed E-state index contributed by atoms with van der Waals surface area (Å²) >= 11 is 0. The lowest BCUT2D eigenvalue weighted by Crippen LogP contribution is -2.28. The zero-order valence-electron chi connectivity index (χ0n) is 13.9. The number of aryl methyl sites for hydroxylation is 1. The Kier molecular flexibility index (Phi) is 6.09. The Balaban J connectivity index is 1.98. The number of benzene rings is 2. The van der Waals surface area contributed by atoms with E-state index in [0.717, 1.165) is 11.1 Å². The highest BCUT2D eigenvalue weighted by atomic mass is 16.3. The largest absolute Gasteiger partial charge is 0.387 e. The summed E-state index contributed by atoms with van der Waals surface area (Å²) in [6.07, 6.45) is -0.392. The molecule has 0 bridgehead atoms. The van der Waals surface area contributed by atoms with Crippen molar-refractivity contribution in [3.8, 4) is 0 Å². The molecule has 0 aromatic heterocycles. The van der Waals surface area contributed by atoms with Crippen LogP contribution >= 0.6 is 0 Å². The molecule has 2 aromatic carbocycles. The zero-order valence-corrected chi connectivity index (χ0v) is 13.9. The molecule has 5 heteroatoms. The van der Waals surface area contributed by atoms with Crippen molar-refractivity contribution in [1.29, 1.82) is 0 Å². The van der Waals surface area contributed by atoms with E-state index in [1.807, 2.05) is 31.2 Å². The van der Waals surface area contributed by atoms with E-state index in [0.29, 0.717) is 17.7 Å². The van der Waals surface area contributed by atoms with Crippen LogP contribution in [-0.2, 0) is 4.79 Å². The summed E-state index contributed by atoms with van der Waals surface area (Å²) in [7, 11) is 0. The average Bonchev–Trinajstić information content (AvgIpc) is 2.59. The van der Waals surface area contributed by atoms with Gasteiger partial charge in [-0.2, -0.15) is 0 Å². The van der Waals surface area contributed by atoms with E-state index in [1.165, 1.54) is 0 Å². The fourth-order valence-corrected chi connectivity index (χ4v) is 2.35. The Morgan fingerprint density at radius 1 is 1.12 bits per heavy atom. The van der Waals surface area contributed by atoms with Crippen LogP contribution in [0.5, 0.6) is 0 Å². The SMILES string of the molecule is CCC(=O)Nc1cccc(C(=O)NCC(O)c2ccccc2C)c1. The van der Waals surface area contributed by atoms with Gasteiger partial charge in [0.1, 0.15) is 0 Å². The number of aliphatic hydroxyl groups is 1. The normalized spacial score (nSPS) is 11.6. The fourth-order valence-electron chi connectivity index (χ4n) is 2.35. The van der Waals surface area contributed by atoms with E-state index in [9.17, 15) is 14.7 Å². The molecule has 3 N–H and O–H groups in total. The lowest BCUT2D eigenvalue weighted by Gasteiger charge is -2.15. The minimum absolute atomic E-state index is 0.109. The maximum Gasteiger partial charge on any atom is 0.251 e. The topological polar surface area (TPSA) is 78.4 Å². The fraction of sp³-hybridized carbons (Fsp3) is 0.263. The average molecular weight is 326 g/mol. The molecule has 126 valence electrons. The summed E-state index contributed by atoms with van der Waals surface area (Å²) in [4.78, 5) is 23.7. The molecule has 2 aromatic rings. The molecule has 0 spiro atoms. The molecule has 0 heterocycles. The van der Waals surface area contributed by atoms with Crippen molar-refractivity contribution in [3.05, 3.63) is 65.2 Å². The summed E-state index contributed by atoms with van der Waals surface area (Å²) in [5.74, 6) is -0.405. The second kappa shape index (κ2) is 8.26.